The summed E-state index contributed by atoms with van der Waals surface area (Å²) < 4.78 is 10.7. The summed E-state index contributed by atoms with van der Waals surface area (Å²) in [4.78, 5) is 16.8. The molecule has 6 heteroatoms. The highest BCUT2D eigenvalue weighted by atomic mass is 16.7. The van der Waals surface area contributed by atoms with E-state index < -0.39 is 0 Å². The molecule has 27 heavy (non-hydrogen) atoms. The second kappa shape index (κ2) is 8.29. The van der Waals surface area contributed by atoms with Crippen LogP contribution >= 0.6 is 0 Å². The summed E-state index contributed by atoms with van der Waals surface area (Å²) in [6, 6.07) is 8.01. The topological polar surface area (TPSA) is 72.5 Å². The fourth-order valence-corrected chi connectivity index (χ4v) is 3.61. The molecule has 1 fully saturated rings. The number of fused-ring (bicyclic) bond motifs is 1. The van der Waals surface area contributed by atoms with Gasteiger partial charge >= 0.3 is 0 Å². The molecule has 1 aliphatic heterocycles. The maximum atomic E-state index is 12.6. The number of nitrogens with zero attached hydrogens (tertiary/aromatic N) is 1. The number of pyridine rings is 1. The second-order valence-corrected chi connectivity index (χ2v) is 7.17. The number of rotatable bonds is 5. The minimum absolute atomic E-state index is 0.0406. The first-order valence-corrected chi connectivity index (χ1v) is 9.66. The van der Waals surface area contributed by atoms with Crippen molar-refractivity contribution in [2.75, 3.05) is 12.1 Å². The first-order valence-electron chi connectivity index (χ1n) is 9.66. The van der Waals surface area contributed by atoms with E-state index >= 15 is 0 Å². The van der Waals surface area contributed by atoms with Crippen LogP contribution in [0.1, 0.15) is 54.4 Å². The van der Waals surface area contributed by atoms with E-state index in [1.807, 2.05) is 24.3 Å². The van der Waals surface area contributed by atoms with E-state index in [-0.39, 0.29) is 18.7 Å². The molecular weight excluding hydrogens is 342 g/mol. The molecule has 142 valence electrons. The van der Waals surface area contributed by atoms with Crippen LogP contribution in [0.2, 0.25) is 0 Å². The van der Waals surface area contributed by atoms with Crippen LogP contribution in [0.25, 0.3) is 0 Å². The van der Waals surface area contributed by atoms with Gasteiger partial charge in [-0.2, -0.15) is 0 Å². The highest BCUT2D eigenvalue weighted by Crippen LogP contribution is 2.32. The number of carbonyl (C=O) groups is 1. The number of benzene rings is 1. The monoisotopic (exact) mass is 367 g/mol. The van der Waals surface area contributed by atoms with Crippen molar-refractivity contribution in [3.05, 3.63) is 47.8 Å². The first kappa shape index (κ1) is 17.6. The lowest BCUT2D eigenvalue weighted by Crippen LogP contribution is -2.34. The Morgan fingerprint density at radius 3 is 2.70 bits per heavy atom. The predicted octanol–water partition coefficient (Wildman–Crippen LogP) is 3.88. The summed E-state index contributed by atoms with van der Waals surface area (Å²) in [7, 11) is 0. The van der Waals surface area contributed by atoms with Crippen molar-refractivity contribution in [2.24, 2.45) is 0 Å². The van der Waals surface area contributed by atoms with E-state index in [2.05, 4.69) is 15.6 Å². The molecule has 2 N–H and O–H groups in total. The van der Waals surface area contributed by atoms with Crippen molar-refractivity contribution in [1.29, 1.82) is 0 Å². The van der Waals surface area contributed by atoms with Crippen LogP contribution in [0.15, 0.2) is 36.7 Å². The molecule has 1 aromatic heterocycles. The lowest BCUT2D eigenvalue weighted by molar-refractivity contribution is 0.0933. The number of anilines is 1. The Morgan fingerprint density at radius 1 is 1.04 bits per heavy atom. The maximum absolute atomic E-state index is 12.6. The minimum Gasteiger partial charge on any atom is -0.454 e. The van der Waals surface area contributed by atoms with Gasteiger partial charge in [0.15, 0.2) is 11.5 Å². The molecule has 1 aromatic carbocycles. The number of aromatic nitrogens is 1. The number of carbonyl (C=O) groups excluding carboxylic acids is 1. The average molecular weight is 367 g/mol. The van der Waals surface area contributed by atoms with Crippen molar-refractivity contribution < 1.29 is 14.3 Å². The van der Waals surface area contributed by atoms with Crippen molar-refractivity contribution in [3.63, 3.8) is 0 Å². The number of nitrogens with one attached hydrogen (secondary N) is 2. The van der Waals surface area contributed by atoms with Gasteiger partial charge in [-0.05, 0) is 36.6 Å². The molecule has 0 bridgehead atoms. The lowest BCUT2D eigenvalue weighted by Gasteiger charge is -2.16. The fourth-order valence-electron chi connectivity index (χ4n) is 3.61. The molecule has 1 aliphatic carbocycles. The SMILES string of the molecule is O=C(NC1CCCCCC1)c1cncc(NCc2ccc3c(c2)OCO3)c1. The van der Waals surface area contributed by atoms with Gasteiger partial charge < -0.3 is 20.1 Å². The van der Waals surface area contributed by atoms with Gasteiger partial charge in [0.2, 0.25) is 6.79 Å². The van der Waals surface area contributed by atoms with Gasteiger partial charge in [-0.3, -0.25) is 9.78 Å². The summed E-state index contributed by atoms with van der Waals surface area (Å²) in [6.45, 7) is 0.889. The average Bonchev–Trinajstić information content (AvgIpc) is 3.02. The predicted molar refractivity (Wildman–Crippen MR) is 103 cm³/mol. The Kier molecular flexibility index (Phi) is 5.42. The molecule has 6 nitrogen and oxygen atoms in total. The minimum atomic E-state index is -0.0406. The van der Waals surface area contributed by atoms with Crippen LogP contribution in [0.4, 0.5) is 5.69 Å². The van der Waals surface area contributed by atoms with Crippen LogP contribution in [-0.4, -0.2) is 23.7 Å². The van der Waals surface area contributed by atoms with E-state index in [9.17, 15) is 4.79 Å². The molecular formula is C21H25N3O3. The van der Waals surface area contributed by atoms with Crippen molar-refractivity contribution in [3.8, 4) is 11.5 Å². The number of hydrogen-bond acceptors (Lipinski definition) is 5. The van der Waals surface area contributed by atoms with E-state index in [1.165, 1.54) is 25.7 Å². The third kappa shape index (κ3) is 4.51. The summed E-state index contributed by atoms with van der Waals surface area (Å²) >= 11 is 0. The molecule has 1 saturated carbocycles. The molecule has 0 saturated heterocycles. The van der Waals surface area contributed by atoms with Gasteiger partial charge in [-0.25, -0.2) is 0 Å². The molecule has 0 unspecified atom stereocenters. The van der Waals surface area contributed by atoms with Gasteiger partial charge in [0.1, 0.15) is 0 Å². The molecule has 0 atom stereocenters. The van der Waals surface area contributed by atoms with Gasteiger partial charge in [0.05, 0.1) is 11.3 Å². The lowest BCUT2D eigenvalue weighted by atomic mass is 10.1. The van der Waals surface area contributed by atoms with Crippen LogP contribution in [0.5, 0.6) is 11.5 Å². The molecule has 1 amide bonds. The summed E-state index contributed by atoms with van der Waals surface area (Å²) in [6.07, 6.45) is 10.4. The Bertz CT molecular complexity index is 801. The van der Waals surface area contributed by atoms with E-state index in [0.717, 1.165) is 35.6 Å². The molecule has 2 aliphatic rings. The number of amides is 1. The number of hydrogen-bond donors (Lipinski definition) is 2. The smallest absolute Gasteiger partial charge is 0.253 e. The van der Waals surface area contributed by atoms with Crippen molar-refractivity contribution in [2.45, 2.75) is 51.1 Å². The van der Waals surface area contributed by atoms with Gasteiger partial charge in [-0.1, -0.05) is 31.7 Å². The zero-order valence-electron chi connectivity index (χ0n) is 15.4. The van der Waals surface area contributed by atoms with Gasteiger partial charge in [0, 0.05) is 25.0 Å². The van der Waals surface area contributed by atoms with E-state index in [0.29, 0.717) is 12.1 Å². The Balaban J connectivity index is 1.36. The van der Waals surface area contributed by atoms with E-state index in [4.69, 9.17) is 9.47 Å². The largest absolute Gasteiger partial charge is 0.454 e. The van der Waals surface area contributed by atoms with Crippen LogP contribution < -0.4 is 20.1 Å². The molecule has 0 spiro atoms. The highest BCUT2D eigenvalue weighted by Gasteiger charge is 2.16. The summed E-state index contributed by atoms with van der Waals surface area (Å²) in [5.74, 6) is 1.50. The van der Waals surface area contributed by atoms with Crippen LogP contribution in [0, 0.1) is 0 Å². The summed E-state index contributed by atoms with van der Waals surface area (Å²) in [5, 5.41) is 6.49. The van der Waals surface area contributed by atoms with E-state index in [1.54, 1.807) is 12.4 Å². The molecule has 2 heterocycles. The third-order valence-electron chi connectivity index (χ3n) is 5.12. The van der Waals surface area contributed by atoms with Gasteiger partial charge in [0.25, 0.3) is 5.91 Å². The quantitative estimate of drug-likeness (QED) is 0.785. The Hall–Kier alpha value is -2.76. The zero-order valence-corrected chi connectivity index (χ0v) is 15.4. The third-order valence-corrected chi connectivity index (χ3v) is 5.12. The molecule has 2 aromatic rings. The second-order valence-electron chi connectivity index (χ2n) is 7.17. The Labute approximate surface area is 159 Å². The van der Waals surface area contributed by atoms with Crippen LogP contribution in [-0.2, 0) is 6.54 Å². The van der Waals surface area contributed by atoms with Gasteiger partial charge in [-0.15, -0.1) is 0 Å². The first-order chi connectivity index (χ1) is 13.3. The van der Waals surface area contributed by atoms with Crippen molar-refractivity contribution in [1.82, 2.24) is 10.3 Å². The maximum Gasteiger partial charge on any atom is 0.253 e. The number of ether oxygens (including phenoxy) is 2. The fraction of sp³-hybridized carbons (Fsp3) is 0.429. The van der Waals surface area contributed by atoms with Crippen LogP contribution in [0.3, 0.4) is 0 Å². The standard InChI is InChI=1S/C21H25N3O3/c25-21(24-17-5-3-1-2-4-6-17)16-10-18(13-22-12-16)23-11-15-7-8-19-20(9-15)27-14-26-19/h7-10,12-13,17,23H,1-6,11,14H2,(H,24,25). The molecule has 4 rings (SSSR count). The zero-order chi connectivity index (χ0) is 18.5. The summed E-state index contributed by atoms with van der Waals surface area (Å²) in [5.41, 5.74) is 2.49. The normalized spacial score (nSPS) is 16.6. The van der Waals surface area contributed by atoms with Crippen molar-refractivity contribution >= 4 is 11.6 Å². The Morgan fingerprint density at radius 2 is 1.85 bits per heavy atom. The highest BCUT2D eigenvalue weighted by molar-refractivity contribution is 5.94. The molecule has 0 radical (unpaired) electrons.